The fraction of sp³-hybridized carbons (Fsp3) is 0.294. The lowest BCUT2D eigenvalue weighted by molar-refractivity contribution is 0.340. The molecular formula is C17H21NO2. The number of nitrogens with one attached hydrogen (secondary N) is 1. The van der Waals surface area contributed by atoms with Gasteiger partial charge in [0.15, 0.2) is 0 Å². The van der Waals surface area contributed by atoms with E-state index >= 15 is 0 Å². The van der Waals surface area contributed by atoms with Crippen LogP contribution in [0.4, 0.5) is 5.69 Å². The largest absolute Gasteiger partial charge is 0.494 e. The zero-order valence-electron chi connectivity index (χ0n) is 12.1. The molecule has 1 N–H and O–H groups in total. The van der Waals surface area contributed by atoms with E-state index in [0.29, 0.717) is 13.2 Å². The van der Waals surface area contributed by atoms with Gasteiger partial charge < -0.3 is 14.8 Å². The summed E-state index contributed by atoms with van der Waals surface area (Å²) in [7, 11) is 0. The highest BCUT2D eigenvalue weighted by atomic mass is 16.5. The zero-order valence-corrected chi connectivity index (χ0v) is 12.1. The summed E-state index contributed by atoms with van der Waals surface area (Å²) in [5.41, 5.74) is 2.19. The Morgan fingerprint density at radius 1 is 0.900 bits per heavy atom. The summed E-state index contributed by atoms with van der Waals surface area (Å²) in [6, 6.07) is 16.1. The molecule has 3 heteroatoms. The maximum absolute atomic E-state index is 5.60. The Morgan fingerprint density at radius 2 is 1.70 bits per heavy atom. The highest BCUT2D eigenvalue weighted by Crippen LogP contribution is 2.24. The normalized spacial score (nSPS) is 10.1. The van der Waals surface area contributed by atoms with Gasteiger partial charge in [-0.25, -0.2) is 0 Å². The fourth-order valence-corrected chi connectivity index (χ4v) is 2.00. The van der Waals surface area contributed by atoms with E-state index in [1.54, 1.807) is 0 Å². The van der Waals surface area contributed by atoms with E-state index in [1.165, 1.54) is 5.56 Å². The number of rotatable bonds is 7. The molecule has 106 valence electrons. The molecule has 0 heterocycles. The second-order valence-corrected chi connectivity index (χ2v) is 4.36. The minimum atomic E-state index is 0.665. The highest BCUT2D eigenvalue weighted by Gasteiger charge is 2.02. The van der Waals surface area contributed by atoms with Crippen molar-refractivity contribution in [2.45, 2.75) is 20.4 Å². The van der Waals surface area contributed by atoms with Crippen molar-refractivity contribution >= 4 is 5.69 Å². The topological polar surface area (TPSA) is 30.5 Å². The fourth-order valence-electron chi connectivity index (χ4n) is 2.00. The first kappa shape index (κ1) is 14.3. The Kier molecular flexibility index (Phi) is 5.30. The molecule has 2 aromatic carbocycles. The average Bonchev–Trinajstić information content (AvgIpc) is 2.47. The third kappa shape index (κ3) is 3.92. The van der Waals surface area contributed by atoms with E-state index < -0.39 is 0 Å². The van der Waals surface area contributed by atoms with E-state index in [9.17, 15) is 0 Å². The van der Waals surface area contributed by atoms with Crippen molar-refractivity contribution in [1.82, 2.24) is 0 Å². The van der Waals surface area contributed by atoms with E-state index in [4.69, 9.17) is 9.47 Å². The summed E-state index contributed by atoms with van der Waals surface area (Å²) >= 11 is 0. The van der Waals surface area contributed by atoms with Crippen LogP contribution in [-0.4, -0.2) is 13.2 Å². The van der Waals surface area contributed by atoms with Crippen LogP contribution < -0.4 is 14.8 Å². The summed E-state index contributed by atoms with van der Waals surface area (Å²) in [5.74, 6) is 1.79. The molecule has 0 spiro atoms. The quantitative estimate of drug-likeness (QED) is 0.822. The number of ether oxygens (including phenoxy) is 2. The van der Waals surface area contributed by atoms with Crippen LogP contribution in [0.2, 0.25) is 0 Å². The average molecular weight is 271 g/mol. The molecule has 0 radical (unpaired) electrons. The lowest BCUT2D eigenvalue weighted by atomic mass is 10.2. The van der Waals surface area contributed by atoms with Gasteiger partial charge in [0.05, 0.1) is 18.9 Å². The Hall–Kier alpha value is -2.16. The number of hydrogen-bond donors (Lipinski definition) is 1. The molecule has 3 nitrogen and oxygen atoms in total. The molecule has 20 heavy (non-hydrogen) atoms. The summed E-state index contributed by atoms with van der Waals surface area (Å²) in [6.45, 7) is 6.07. The van der Waals surface area contributed by atoms with Crippen molar-refractivity contribution < 1.29 is 9.47 Å². The number of anilines is 1. The number of benzene rings is 2. The summed E-state index contributed by atoms with van der Waals surface area (Å²) in [6.07, 6.45) is 0. The van der Waals surface area contributed by atoms with E-state index in [1.807, 2.05) is 50.2 Å². The first-order chi connectivity index (χ1) is 9.83. The minimum Gasteiger partial charge on any atom is -0.494 e. The van der Waals surface area contributed by atoms with Gasteiger partial charge in [0.2, 0.25) is 0 Å². The van der Waals surface area contributed by atoms with Gasteiger partial charge >= 0.3 is 0 Å². The number of para-hydroxylation sites is 2. The van der Waals surface area contributed by atoms with Crippen LogP contribution in [0.1, 0.15) is 19.4 Å². The molecule has 0 aliphatic heterocycles. The van der Waals surface area contributed by atoms with Crippen molar-refractivity contribution in [2.24, 2.45) is 0 Å². The van der Waals surface area contributed by atoms with E-state index in [2.05, 4.69) is 17.4 Å². The molecule has 0 unspecified atom stereocenters. The van der Waals surface area contributed by atoms with Gasteiger partial charge in [0.25, 0.3) is 0 Å². The SMILES string of the molecule is CCOc1cccc(CNc2ccccc2OCC)c1. The predicted octanol–water partition coefficient (Wildman–Crippen LogP) is 4.10. The van der Waals surface area contributed by atoms with Crippen LogP contribution in [0.25, 0.3) is 0 Å². The molecule has 0 saturated heterocycles. The van der Waals surface area contributed by atoms with Crippen molar-refractivity contribution in [3.8, 4) is 11.5 Å². The van der Waals surface area contributed by atoms with Crippen LogP contribution in [0.15, 0.2) is 48.5 Å². The van der Waals surface area contributed by atoms with Gasteiger partial charge in [-0.05, 0) is 43.7 Å². The number of hydrogen-bond acceptors (Lipinski definition) is 3. The zero-order chi connectivity index (χ0) is 14.2. The molecule has 0 aliphatic carbocycles. The summed E-state index contributed by atoms with van der Waals surface area (Å²) in [4.78, 5) is 0. The van der Waals surface area contributed by atoms with Crippen LogP contribution in [0, 0.1) is 0 Å². The highest BCUT2D eigenvalue weighted by molar-refractivity contribution is 5.56. The maximum atomic E-state index is 5.60. The van der Waals surface area contributed by atoms with Crippen LogP contribution >= 0.6 is 0 Å². The molecule has 0 saturated carbocycles. The van der Waals surface area contributed by atoms with Crippen molar-refractivity contribution in [3.63, 3.8) is 0 Å². The molecule has 2 rings (SSSR count). The molecule has 0 aliphatic rings. The molecular weight excluding hydrogens is 250 g/mol. The van der Waals surface area contributed by atoms with Crippen molar-refractivity contribution in [3.05, 3.63) is 54.1 Å². The lowest BCUT2D eigenvalue weighted by Crippen LogP contribution is -2.03. The molecule has 0 fully saturated rings. The van der Waals surface area contributed by atoms with Gasteiger partial charge in [-0.3, -0.25) is 0 Å². The van der Waals surface area contributed by atoms with E-state index in [-0.39, 0.29) is 0 Å². The molecule has 0 amide bonds. The van der Waals surface area contributed by atoms with Gasteiger partial charge in [0.1, 0.15) is 11.5 Å². The molecule has 0 bridgehead atoms. The smallest absolute Gasteiger partial charge is 0.142 e. The predicted molar refractivity (Wildman–Crippen MR) is 82.5 cm³/mol. The first-order valence-electron chi connectivity index (χ1n) is 7.01. The second kappa shape index (κ2) is 7.43. The molecule has 0 aromatic heterocycles. The lowest BCUT2D eigenvalue weighted by Gasteiger charge is -2.12. The van der Waals surface area contributed by atoms with Crippen LogP contribution in [-0.2, 0) is 6.54 Å². The Labute approximate surface area is 120 Å². The standard InChI is InChI=1S/C17H21NO2/c1-3-19-15-9-7-8-14(12-15)13-18-16-10-5-6-11-17(16)20-4-2/h5-12,18H,3-4,13H2,1-2H3. The van der Waals surface area contributed by atoms with Crippen LogP contribution in [0.5, 0.6) is 11.5 Å². The second-order valence-electron chi connectivity index (χ2n) is 4.36. The van der Waals surface area contributed by atoms with Crippen molar-refractivity contribution in [2.75, 3.05) is 18.5 Å². The van der Waals surface area contributed by atoms with E-state index in [0.717, 1.165) is 23.7 Å². The summed E-state index contributed by atoms with van der Waals surface area (Å²) in [5, 5.41) is 3.40. The first-order valence-corrected chi connectivity index (χ1v) is 7.01. The van der Waals surface area contributed by atoms with Gasteiger partial charge in [-0.1, -0.05) is 24.3 Å². The Morgan fingerprint density at radius 3 is 2.50 bits per heavy atom. The molecule has 0 atom stereocenters. The van der Waals surface area contributed by atoms with Gasteiger partial charge in [-0.15, -0.1) is 0 Å². The third-order valence-corrected chi connectivity index (χ3v) is 2.88. The van der Waals surface area contributed by atoms with Crippen LogP contribution in [0.3, 0.4) is 0 Å². The third-order valence-electron chi connectivity index (χ3n) is 2.88. The minimum absolute atomic E-state index is 0.665. The Balaban J connectivity index is 2.03. The molecule has 2 aromatic rings. The van der Waals surface area contributed by atoms with Gasteiger partial charge in [-0.2, -0.15) is 0 Å². The monoisotopic (exact) mass is 271 g/mol. The summed E-state index contributed by atoms with van der Waals surface area (Å²) < 4.78 is 11.1. The Bertz CT molecular complexity index is 540. The van der Waals surface area contributed by atoms with Crippen molar-refractivity contribution in [1.29, 1.82) is 0 Å². The maximum Gasteiger partial charge on any atom is 0.142 e. The van der Waals surface area contributed by atoms with Gasteiger partial charge in [0, 0.05) is 6.54 Å².